The molecule has 5 aliphatic rings. The number of aromatic nitrogens is 1. The van der Waals surface area contributed by atoms with Crippen LogP contribution in [0, 0.1) is 23.7 Å². The zero-order chi connectivity index (χ0) is 26.2. The summed E-state index contributed by atoms with van der Waals surface area (Å²) < 4.78 is 0. The maximum atomic E-state index is 12.9. The molecule has 4 bridgehead atoms. The second kappa shape index (κ2) is 10.7. The lowest BCUT2D eigenvalue weighted by Crippen LogP contribution is -2.52. The predicted molar refractivity (Wildman–Crippen MR) is 148 cm³/mol. The van der Waals surface area contributed by atoms with Crippen LogP contribution in [0.2, 0.25) is 0 Å². The standard InChI is InChI=1S/C31H50N4O2/c1-5-6-7-23-13-25(35-30(2,3)4)8-9-26(23)34-28(36)19-33-29(37)27-14-24(18-32-27)31-15-20-10-21(16-31)12-22(11-20)17-31/h14,18,20-23,25-26,32,35H,5-13,15-17,19H2,1-4H3,(H,33,37)(H,34,36)/t20?,21?,22?,23-,25-,26+,31?/m1/s1. The molecular weight excluding hydrogens is 460 g/mol. The Morgan fingerprint density at radius 3 is 2.32 bits per heavy atom. The third-order valence-electron chi connectivity index (χ3n) is 9.88. The summed E-state index contributed by atoms with van der Waals surface area (Å²) >= 11 is 0. The first-order valence-electron chi connectivity index (χ1n) is 15.2. The van der Waals surface area contributed by atoms with Gasteiger partial charge in [-0.15, -0.1) is 0 Å². The fourth-order valence-corrected chi connectivity index (χ4v) is 8.79. The molecule has 3 atom stereocenters. The summed E-state index contributed by atoms with van der Waals surface area (Å²) in [5, 5.41) is 9.92. The molecule has 0 saturated heterocycles. The largest absolute Gasteiger partial charge is 0.357 e. The van der Waals surface area contributed by atoms with Gasteiger partial charge in [-0.2, -0.15) is 0 Å². The van der Waals surface area contributed by atoms with Crippen molar-refractivity contribution in [1.29, 1.82) is 0 Å². The van der Waals surface area contributed by atoms with Crippen LogP contribution in [-0.2, 0) is 10.2 Å². The number of carbonyl (C=O) groups excluding carboxylic acids is 2. The van der Waals surface area contributed by atoms with Crippen molar-refractivity contribution >= 4 is 11.8 Å². The lowest BCUT2D eigenvalue weighted by Gasteiger charge is -2.56. The van der Waals surface area contributed by atoms with Crippen molar-refractivity contribution in [3.8, 4) is 0 Å². The highest BCUT2D eigenvalue weighted by molar-refractivity contribution is 5.95. The molecule has 6 rings (SSSR count). The van der Waals surface area contributed by atoms with E-state index in [1.165, 1.54) is 56.9 Å². The molecule has 4 N–H and O–H groups in total. The van der Waals surface area contributed by atoms with Crippen LogP contribution in [0.5, 0.6) is 0 Å². The summed E-state index contributed by atoms with van der Waals surface area (Å²) in [7, 11) is 0. The van der Waals surface area contributed by atoms with Gasteiger partial charge >= 0.3 is 0 Å². The molecule has 5 fully saturated rings. The molecule has 206 valence electrons. The number of rotatable bonds is 9. The van der Waals surface area contributed by atoms with E-state index >= 15 is 0 Å². The van der Waals surface area contributed by atoms with Crippen molar-refractivity contribution in [1.82, 2.24) is 20.9 Å². The van der Waals surface area contributed by atoms with E-state index in [0.717, 1.165) is 43.4 Å². The molecule has 0 radical (unpaired) electrons. The van der Waals surface area contributed by atoms with Crippen LogP contribution in [0.3, 0.4) is 0 Å². The van der Waals surface area contributed by atoms with Gasteiger partial charge in [0.2, 0.25) is 5.91 Å². The van der Waals surface area contributed by atoms with Gasteiger partial charge in [0.1, 0.15) is 5.69 Å². The second-order valence-electron chi connectivity index (χ2n) is 14.2. The van der Waals surface area contributed by atoms with Crippen molar-refractivity contribution in [3.05, 3.63) is 23.5 Å². The fourth-order valence-electron chi connectivity index (χ4n) is 8.79. The number of H-pyrrole nitrogens is 1. The Kier molecular flexibility index (Phi) is 7.77. The topological polar surface area (TPSA) is 86.0 Å². The Hall–Kier alpha value is -1.82. The SMILES string of the molecule is CCCC[C@@H]1C[C@H](NC(C)(C)C)CC[C@@H]1NC(=O)CNC(=O)c1cc(C23CC4CC(CC(C4)C2)C3)c[nH]1. The third-order valence-corrected chi connectivity index (χ3v) is 9.88. The lowest BCUT2D eigenvalue weighted by atomic mass is 9.48. The van der Waals surface area contributed by atoms with Gasteiger partial charge in [0.25, 0.3) is 5.91 Å². The van der Waals surface area contributed by atoms with Gasteiger partial charge in [-0.05, 0) is 126 Å². The molecular formula is C31H50N4O2. The van der Waals surface area contributed by atoms with Gasteiger partial charge in [-0.1, -0.05) is 19.8 Å². The Labute approximate surface area is 223 Å². The Balaban J connectivity index is 1.13. The molecule has 0 aromatic carbocycles. The summed E-state index contributed by atoms with van der Waals surface area (Å²) in [6.07, 6.45) is 16.9. The van der Waals surface area contributed by atoms with E-state index < -0.39 is 0 Å². The lowest BCUT2D eigenvalue weighted by molar-refractivity contribution is -0.121. The van der Waals surface area contributed by atoms with Crippen molar-refractivity contribution in [2.45, 2.75) is 128 Å². The summed E-state index contributed by atoms with van der Waals surface area (Å²) in [6, 6.07) is 2.78. The molecule has 1 heterocycles. The van der Waals surface area contributed by atoms with Gasteiger partial charge in [0.05, 0.1) is 6.54 Å². The second-order valence-corrected chi connectivity index (χ2v) is 14.2. The fraction of sp³-hybridized carbons (Fsp3) is 0.806. The average molecular weight is 511 g/mol. The number of hydrogen-bond acceptors (Lipinski definition) is 3. The minimum absolute atomic E-state index is 0.0330. The number of carbonyl (C=O) groups is 2. The summed E-state index contributed by atoms with van der Waals surface area (Å²) in [5.74, 6) is 2.87. The van der Waals surface area contributed by atoms with Crippen LogP contribution in [-0.4, -0.2) is 41.0 Å². The molecule has 0 aliphatic heterocycles. The highest BCUT2D eigenvalue weighted by atomic mass is 16.2. The Morgan fingerprint density at radius 1 is 1.03 bits per heavy atom. The molecule has 6 nitrogen and oxygen atoms in total. The Bertz CT molecular complexity index is 925. The first-order chi connectivity index (χ1) is 17.6. The van der Waals surface area contributed by atoms with Crippen molar-refractivity contribution in [2.75, 3.05) is 6.54 Å². The molecule has 2 amide bonds. The van der Waals surface area contributed by atoms with Gasteiger partial charge in [-0.3, -0.25) is 9.59 Å². The molecule has 37 heavy (non-hydrogen) atoms. The maximum absolute atomic E-state index is 12.9. The van der Waals surface area contributed by atoms with Gasteiger partial charge < -0.3 is 20.9 Å². The first-order valence-corrected chi connectivity index (χ1v) is 15.2. The maximum Gasteiger partial charge on any atom is 0.268 e. The molecule has 1 aromatic rings. The smallest absolute Gasteiger partial charge is 0.268 e. The molecule has 1 aromatic heterocycles. The molecule has 0 spiro atoms. The van der Waals surface area contributed by atoms with Gasteiger partial charge in [-0.25, -0.2) is 0 Å². The van der Waals surface area contributed by atoms with Crippen molar-refractivity contribution in [3.63, 3.8) is 0 Å². The van der Waals surface area contributed by atoms with Gasteiger partial charge in [0, 0.05) is 23.8 Å². The molecule has 5 saturated carbocycles. The van der Waals surface area contributed by atoms with E-state index in [-0.39, 0.29) is 35.4 Å². The molecule has 0 unspecified atom stereocenters. The summed E-state index contributed by atoms with van der Waals surface area (Å²) in [4.78, 5) is 29.0. The minimum atomic E-state index is -0.174. The first kappa shape index (κ1) is 26.8. The monoisotopic (exact) mass is 510 g/mol. The van der Waals surface area contributed by atoms with E-state index in [4.69, 9.17) is 0 Å². The predicted octanol–water partition coefficient (Wildman–Crippen LogP) is 5.44. The van der Waals surface area contributed by atoms with Crippen LogP contribution in [0.25, 0.3) is 0 Å². The zero-order valence-corrected chi connectivity index (χ0v) is 23.6. The van der Waals surface area contributed by atoms with E-state index in [1.54, 1.807) is 0 Å². The van der Waals surface area contributed by atoms with E-state index in [0.29, 0.717) is 17.7 Å². The molecule has 5 aliphatic carbocycles. The van der Waals surface area contributed by atoms with Crippen molar-refractivity contribution in [2.24, 2.45) is 23.7 Å². The summed E-state index contributed by atoms with van der Waals surface area (Å²) in [6.45, 7) is 8.93. The van der Waals surface area contributed by atoms with Crippen LogP contribution in [0.1, 0.15) is 121 Å². The number of unbranched alkanes of at least 4 members (excludes halogenated alkanes) is 1. The van der Waals surface area contributed by atoms with E-state index in [2.05, 4.69) is 60.9 Å². The average Bonchev–Trinajstić information content (AvgIpc) is 3.32. The number of nitrogens with one attached hydrogen (secondary N) is 4. The van der Waals surface area contributed by atoms with Crippen LogP contribution < -0.4 is 16.0 Å². The van der Waals surface area contributed by atoms with Gasteiger partial charge in [0.15, 0.2) is 0 Å². The summed E-state index contributed by atoms with van der Waals surface area (Å²) in [5.41, 5.74) is 2.29. The van der Waals surface area contributed by atoms with Crippen LogP contribution in [0.15, 0.2) is 12.3 Å². The third kappa shape index (κ3) is 6.26. The number of aromatic amines is 1. The number of hydrogen-bond donors (Lipinski definition) is 4. The van der Waals surface area contributed by atoms with E-state index in [9.17, 15) is 9.59 Å². The zero-order valence-electron chi connectivity index (χ0n) is 23.6. The van der Waals surface area contributed by atoms with Crippen LogP contribution in [0.4, 0.5) is 0 Å². The van der Waals surface area contributed by atoms with Crippen LogP contribution >= 0.6 is 0 Å². The highest BCUT2D eigenvalue weighted by Crippen LogP contribution is 2.60. The highest BCUT2D eigenvalue weighted by Gasteiger charge is 2.51. The normalized spacial score (nSPS) is 34.9. The van der Waals surface area contributed by atoms with Crippen molar-refractivity contribution < 1.29 is 9.59 Å². The minimum Gasteiger partial charge on any atom is -0.357 e. The quantitative estimate of drug-likeness (QED) is 0.357. The van der Waals surface area contributed by atoms with E-state index in [1.807, 2.05) is 0 Å². The number of amides is 2. The molecule has 6 heteroatoms. The Morgan fingerprint density at radius 2 is 1.70 bits per heavy atom.